The van der Waals surface area contributed by atoms with Gasteiger partial charge in [-0.15, -0.1) is 0 Å². The van der Waals surface area contributed by atoms with Crippen molar-refractivity contribution in [1.29, 1.82) is 0 Å². The minimum atomic E-state index is -1.13. The fourth-order valence-corrected chi connectivity index (χ4v) is 1.82. The monoisotopic (exact) mass is 301 g/mol. The lowest BCUT2D eigenvalue weighted by molar-refractivity contribution is -0.139. The van der Waals surface area contributed by atoms with Crippen LogP contribution in [0.3, 0.4) is 0 Å². The molecule has 110 valence electrons. The molecule has 0 bridgehead atoms. The van der Waals surface area contributed by atoms with E-state index in [-0.39, 0.29) is 22.8 Å². The largest absolute Gasteiger partial charge is 0.508 e. The summed E-state index contributed by atoms with van der Waals surface area (Å²) >= 11 is 5.84. The minimum absolute atomic E-state index is 0.0321. The van der Waals surface area contributed by atoms with Crippen LogP contribution in [-0.2, 0) is 9.53 Å². The van der Waals surface area contributed by atoms with Crippen molar-refractivity contribution in [3.8, 4) is 5.75 Å². The molecule has 1 amide bonds. The number of methoxy groups -OCH3 is 1. The maximum absolute atomic E-state index is 12.0. The Kier molecular flexibility index (Phi) is 6.27. The number of hydrogen-bond donors (Lipinski definition) is 3. The Bertz CT molecular complexity index is 492. The third-order valence-corrected chi connectivity index (χ3v) is 2.97. The number of benzene rings is 1. The molecule has 0 saturated heterocycles. The number of amides is 1. The van der Waals surface area contributed by atoms with E-state index in [1.54, 1.807) is 0 Å². The van der Waals surface area contributed by atoms with Gasteiger partial charge in [-0.25, -0.2) is 4.79 Å². The van der Waals surface area contributed by atoms with Crippen LogP contribution in [0.1, 0.15) is 23.2 Å². The number of aliphatic carboxylic acids is 1. The first-order chi connectivity index (χ1) is 9.45. The van der Waals surface area contributed by atoms with Gasteiger partial charge >= 0.3 is 5.97 Å². The Balaban J connectivity index is 2.75. The van der Waals surface area contributed by atoms with E-state index in [1.165, 1.54) is 25.3 Å². The number of phenolic OH excluding ortho intramolecular Hbond substituents is 1. The topological polar surface area (TPSA) is 95.9 Å². The molecule has 0 aromatic heterocycles. The fourth-order valence-electron chi connectivity index (χ4n) is 1.61. The summed E-state index contributed by atoms with van der Waals surface area (Å²) in [5.41, 5.74) is 0.0321. The van der Waals surface area contributed by atoms with Crippen LogP contribution in [0.25, 0.3) is 0 Å². The number of aromatic hydroxyl groups is 1. The van der Waals surface area contributed by atoms with Crippen LogP contribution in [0.15, 0.2) is 18.2 Å². The van der Waals surface area contributed by atoms with Gasteiger partial charge in [-0.05, 0) is 31.0 Å². The predicted octanol–water partition coefficient (Wildman–Crippen LogP) is 1.66. The SMILES string of the molecule is COCCCC(NC(=O)c1cc(O)ccc1Cl)C(=O)O. The summed E-state index contributed by atoms with van der Waals surface area (Å²) in [5.74, 6) is -1.90. The molecule has 0 aliphatic heterocycles. The van der Waals surface area contributed by atoms with Gasteiger partial charge in [0.2, 0.25) is 0 Å². The summed E-state index contributed by atoms with van der Waals surface area (Å²) in [4.78, 5) is 23.0. The van der Waals surface area contributed by atoms with Crippen molar-refractivity contribution in [2.24, 2.45) is 0 Å². The molecule has 0 aliphatic rings. The predicted molar refractivity (Wildman–Crippen MR) is 73.1 cm³/mol. The second-order valence-electron chi connectivity index (χ2n) is 4.16. The number of hydrogen-bond acceptors (Lipinski definition) is 4. The molecular formula is C13H16ClNO5. The van der Waals surface area contributed by atoms with Gasteiger partial charge < -0.3 is 20.3 Å². The summed E-state index contributed by atoms with van der Waals surface area (Å²) in [6, 6.07) is 2.86. The van der Waals surface area contributed by atoms with Crippen molar-refractivity contribution in [2.45, 2.75) is 18.9 Å². The van der Waals surface area contributed by atoms with Gasteiger partial charge in [-0.3, -0.25) is 4.79 Å². The van der Waals surface area contributed by atoms with E-state index < -0.39 is 17.9 Å². The number of phenols is 1. The second kappa shape index (κ2) is 7.72. The number of nitrogens with one attached hydrogen (secondary N) is 1. The van der Waals surface area contributed by atoms with Gasteiger partial charge in [0.1, 0.15) is 11.8 Å². The molecule has 1 rings (SSSR count). The molecule has 3 N–H and O–H groups in total. The smallest absolute Gasteiger partial charge is 0.326 e. The number of carbonyl (C=O) groups excluding carboxylic acids is 1. The first kappa shape index (κ1) is 16.3. The average Bonchev–Trinajstić information content (AvgIpc) is 2.40. The molecule has 7 heteroatoms. The van der Waals surface area contributed by atoms with E-state index in [9.17, 15) is 14.7 Å². The highest BCUT2D eigenvalue weighted by molar-refractivity contribution is 6.33. The molecule has 20 heavy (non-hydrogen) atoms. The van der Waals surface area contributed by atoms with Crippen LogP contribution in [0.5, 0.6) is 5.75 Å². The molecule has 0 saturated carbocycles. The lowest BCUT2D eigenvalue weighted by Crippen LogP contribution is -2.41. The first-order valence-corrected chi connectivity index (χ1v) is 6.34. The maximum Gasteiger partial charge on any atom is 0.326 e. The van der Waals surface area contributed by atoms with E-state index >= 15 is 0 Å². The third kappa shape index (κ3) is 4.71. The van der Waals surface area contributed by atoms with E-state index in [4.69, 9.17) is 21.4 Å². The van der Waals surface area contributed by atoms with Crippen LogP contribution in [0, 0.1) is 0 Å². The Morgan fingerprint density at radius 1 is 1.45 bits per heavy atom. The molecule has 1 aromatic carbocycles. The zero-order valence-electron chi connectivity index (χ0n) is 10.9. The molecule has 1 unspecified atom stereocenters. The molecule has 0 radical (unpaired) electrons. The lowest BCUT2D eigenvalue weighted by Gasteiger charge is -2.15. The van der Waals surface area contributed by atoms with Crippen LogP contribution < -0.4 is 5.32 Å². The minimum Gasteiger partial charge on any atom is -0.508 e. The molecule has 0 aliphatic carbocycles. The highest BCUT2D eigenvalue weighted by Gasteiger charge is 2.21. The van der Waals surface area contributed by atoms with E-state index in [0.29, 0.717) is 13.0 Å². The van der Waals surface area contributed by atoms with Crippen molar-refractivity contribution in [2.75, 3.05) is 13.7 Å². The molecule has 0 fully saturated rings. The fraction of sp³-hybridized carbons (Fsp3) is 0.385. The molecule has 0 spiro atoms. The van der Waals surface area contributed by atoms with Gasteiger partial charge in [0.05, 0.1) is 10.6 Å². The number of ether oxygens (including phenoxy) is 1. The zero-order chi connectivity index (χ0) is 15.1. The average molecular weight is 302 g/mol. The number of carbonyl (C=O) groups is 2. The Labute approximate surface area is 121 Å². The maximum atomic E-state index is 12.0. The second-order valence-corrected chi connectivity index (χ2v) is 4.57. The van der Waals surface area contributed by atoms with Gasteiger partial charge in [0.15, 0.2) is 0 Å². The van der Waals surface area contributed by atoms with Gasteiger partial charge in [-0.2, -0.15) is 0 Å². The number of halogens is 1. The first-order valence-electron chi connectivity index (χ1n) is 5.96. The summed E-state index contributed by atoms with van der Waals surface area (Å²) in [6.45, 7) is 0.409. The molecule has 1 aromatic rings. The number of carboxylic acid groups (broad SMARTS) is 1. The highest BCUT2D eigenvalue weighted by Crippen LogP contribution is 2.21. The van der Waals surface area contributed by atoms with E-state index in [0.717, 1.165) is 0 Å². The Morgan fingerprint density at radius 2 is 2.15 bits per heavy atom. The summed E-state index contributed by atoms with van der Waals surface area (Å²) < 4.78 is 4.84. The van der Waals surface area contributed by atoms with Gasteiger partial charge in [0.25, 0.3) is 5.91 Å². The van der Waals surface area contributed by atoms with Gasteiger partial charge in [-0.1, -0.05) is 11.6 Å². The van der Waals surface area contributed by atoms with E-state index in [2.05, 4.69) is 5.32 Å². The lowest BCUT2D eigenvalue weighted by atomic mass is 10.1. The summed E-state index contributed by atoms with van der Waals surface area (Å²) in [6.07, 6.45) is 0.743. The third-order valence-electron chi connectivity index (χ3n) is 2.64. The molecule has 6 nitrogen and oxygen atoms in total. The molecule has 0 heterocycles. The van der Waals surface area contributed by atoms with Crippen molar-refractivity contribution < 1.29 is 24.5 Å². The Morgan fingerprint density at radius 3 is 2.75 bits per heavy atom. The standard InChI is InChI=1S/C13H16ClNO5/c1-20-6-2-3-11(13(18)19)15-12(17)9-7-8(16)4-5-10(9)14/h4-5,7,11,16H,2-3,6H2,1H3,(H,15,17)(H,18,19). The summed E-state index contributed by atoms with van der Waals surface area (Å²) in [7, 11) is 1.51. The molecular weight excluding hydrogens is 286 g/mol. The highest BCUT2D eigenvalue weighted by atomic mass is 35.5. The zero-order valence-corrected chi connectivity index (χ0v) is 11.7. The van der Waals surface area contributed by atoms with Crippen molar-refractivity contribution in [3.05, 3.63) is 28.8 Å². The molecule has 1 atom stereocenters. The van der Waals surface area contributed by atoms with Crippen LogP contribution in [-0.4, -0.2) is 41.8 Å². The number of rotatable bonds is 7. The quantitative estimate of drug-likeness (QED) is 0.666. The number of carboxylic acids is 1. The Hall–Kier alpha value is -1.79. The van der Waals surface area contributed by atoms with Gasteiger partial charge in [0, 0.05) is 13.7 Å². The van der Waals surface area contributed by atoms with Crippen molar-refractivity contribution in [3.63, 3.8) is 0 Å². The van der Waals surface area contributed by atoms with Crippen molar-refractivity contribution in [1.82, 2.24) is 5.32 Å². The normalized spacial score (nSPS) is 11.9. The van der Waals surface area contributed by atoms with Crippen LogP contribution >= 0.6 is 11.6 Å². The van der Waals surface area contributed by atoms with Crippen LogP contribution in [0.4, 0.5) is 0 Å². The summed E-state index contributed by atoms with van der Waals surface area (Å²) in [5, 5.41) is 20.9. The van der Waals surface area contributed by atoms with Crippen molar-refractivity contribution >= 4 is 23.5 Å². The van der Waals surface area contributed by atoms with Crippen LogP contribution in [0.2, 0.25) is 5.02 Å². The van der Waals surface area contributed by atoms with E-state index in [1.807, 2.05) is 0 Å².